The molecule has 0 aromatic carbocycles. The molecule has 12 atom stereocenters. The first-order chi connectivity index (χ1) is 16.0. The summed E-state index contributed by atoms with van der Waals surface area (Å²) in [5.74, 6) is -0.279. The number of carboxylic acids is 1. The number of carbonyl (C=O) groups is 3. The minimum absolute atomic E-state index is 0.0546. The van der Waals surface area contributed by atoms with Crippen molar-refractivity contribution in [2.45, 2.75) is 102 Å². The molecule has 34 heavy (non-hydrogen) atoms. The second-order valence-corrected chi connectivity index (χ2v) is 11.8. The Morgan fingerprint density at radius 3 is 2.47 bits per heavy atom. The zero-order valence-corrected chi connectivity index (χ0v) is 19.8. The van der Waals surface area contributed by atoms with Crippen LogP contribution in [0.1, 0.15) is 65.2 Å². The second kappa shape index (κ2) is 8.34. The van der Waals surface area contributed by atoms with Gasteiger partial charge in [-0.3, -0.25) is 9.59 Å². The van der Waals surface area contributed by atoms with Crippen LogP contribution in [0.2, 0.25) is 0 Å². The highest BCUT2D eigenvalue weighted by Gasteiger charge is 2.63. The van der Waals surface area contributed by atoms with Gasteiger partial charge in [0.2, 0.25) is 0 Å². The molecule has 1 unspecified atom stereocenters. The van der Waals surface area contributed by atoms with E-state index in [0.717, 1.165) is 25.7 Å². The second-order valence-electron chi connectivity index (χ2n) is 11.8. The molecule has 5 aliphatic rings. The van der Waals surface area contributed by atoms with E-state index < -0.39 is 42.1 Å². The Bertz CT molecular complexity index is 874. The number of aliphatic carboxylic acids is 1. The lowest BCUT2D eigenvalue weighted by molar-refractivity contribution is -0.309. The lowest BCUT2D eigenvalue weighted by Crippen LogP contribution is -2.61. The van der Waals surface area contributed by atoms with E-state index >= 15 is 0 Å². The maximum Gasteiger partial charge on any atom is 0.335 e. The number of carboxylic acid groups (broad SMARTS) is 1. The lowest BCUT2D eigenvalue weighted by atomic mass is 9.45. The fraction of sp³-hybridized carbons (Fsp3) is 0.880. The quantitative estimate of drug-likeness (QED) is 0.435. The van der Waals surface area contributed by atoms with Crippen molar-refractivity contribution < 1.29 is 44.3 Å². The molecule has 1 heterocycles. The average molecular weight is 481 g/mol. The van der Waals surface area contributed by atoms with Crippen molar-refractivity contribution in [3.8, 4) is 0 Å². The standard InChI is InChI=1S/C25H36O9/c1-24-8-7-12(33-23-20(30)18(28)19(29)21(34-23)22(31)32)9-11(24)3-4-13-14-5-6-16(27)25(14,2)10-15(26)17(13)24/h11-14,17-21,23,28-30H,3-10H2,1-2H3,(H,31,32)/t11-,12-,13+,14+,17-,18+,19+,20-,21+,23?,24+,25+/m1/s1. The smallest absolute Gasteiger partial charge is 0.335 e. The molecule has 9 nitrogen and oxygen atoms in total. The van der Waals surface area contributed by atoms with Crippen LogP contribution >= 0.6 is 0 Å². The van der Waals surface area contributed by atoms with Crippen molar-refractivity contribution in [1.29, 1.82) is 0 Å². The van der Waals surface area contributed by atoms with E-state index in [1.807, 2.05) is 6.92 Å². The van der Waals surface area contributed by atoms with Gasteiger partial charge in [0, 0.05) is 24.2 Å². The predicted octanol–water partition coefficient (Wildman–Crippen LogP) is 1.05. The molecule has 0 aromatic heterocycles. The van der Waals surface area contributed by atoms with Crippen LogP contribution < -0.4 is 0 Å². The molecular weight excluding hydrogens is 444 g/mol. The van der Waals surface area contributed by atoms with Crippen LogP contribution in [0.15, 0.2) is 0 Å². The van der Waals surface area contributed by atoms with E-state index in [2.05, 4.69) is 6.92 Å². The van der Waals surface area contributed by atoms with Gasteiger partial charge in [0.25, 0.3) is 0 Å². The van der Waals surface area contributed by atoms with E-state index in [1.165, 1.54) is 0 Å². The molecule has 0 spiro atoms. The first-order valence-corrected chi connectivity index (χ1v) is 12.6. The largest absolute Gasteiger partial charge is 0.479 e. The van der Waals surface area contributed by atoms with Crippen molar-refractivity contribution >= 4 is 17.5 Å². The third-order valence-electron chi connectivity index (χ3n) is 10.2. The highest BCUT2D eigenvalue weighted by atomic mass is 16.7. The van der Waals surface area contributed by atoms with Gasteiger partial charge in [-0.2, -0.15) is 0 Å². The molecular formula is C25H36O9. The summed E-state index contributed by atoms with van der Waals surface area (Å²) < 4.78 is 11.3. The minimum Gasteiger partial charge on any atom is -0.479 e. The zero-order valence-electron chi connectivity index (χ0n) is 19.8. The van der Waals surface area contributed by atoms with Gasteiger partial charge in [-0.1, -0.05) is 13.8 Å². The average Bonchev–Trinajstić information content (AvgIpc) is 3.07. The van der Waals surface area contributed by atoms with E-state index in [9.17, 15) is 34.8 Å². The van der Waals surface area contributed by atoms with Crippen molar-refractivity contribution in [1.82, 2.24) is 0 Å². The Kier molecular flexibility index (Phi) is 5.96. The number of ketones is 2. The fourth-order valence-electron chi connectivity index (χ4n) is 8.29. The number of rotatable bonds is 3. The number of ether oxygens (including phenoxy) is 2. The summed E-state index contributed by atoms with van der Waals surface area (Å²) in [6, 6.07) is 0. The van der Waals surface area contributed by atoms with E-state index in [-0.39, 0.29) is 46.8 Å². The summed E-state index contributed by atoms with van der Waals surface area (Å²) in [6.07, 6.45) is -2.69. The Labute approximate surface area is 198 Å². The number of Topliss-reactive ketones (excluding diaryl/α,β-unsaturated/α-hetero) is 2. The summed E-state index contributed by atoms with van der Waals surface area (Å²) in [5, 5.41) is 39.6. The lowest BCUT2D eigenvalue weighted by Gasteiger charge is -2.59. The van der Waals surface area contributed by atoms with Gasteiger partial charge < -0.3 is 29.9 Å². The normalized spacial score (nSPS) is 53.1. The van der Waals surface area contributed by atoms with Crippen molar-refractivity contribution in [2.24, 2.45) is 34.5 Å². The molecule has 0 amide bonds. The van der Waals surface area contributed by atoms with Gasteiger partial charge in [-0.25, -0.2) is 4.79 Å². The Hall–Kier alpha value is -1.39. The fourth-order valence-corrected chi connectivity index (χ4v) is 8.29. The van der Waals surface area contributed by atoms with Crippen molar-refractivity contribution in [3.63, 3.8) is 0 Å². The van der Waals surface area contributed by atoms with Crippen LogP contribution in [0.25, 0.3) is 0 Å². The van der Waals surface area contributed by atoms with Crippen LogP contribution in [0.3, 0.4) is 0 Å². The third kappa shape index (κ3) is 3.50. The maximum atomic E-state index is 13.4. The van der Waals surface area contributed by atoms with Crippen LogP contribution in [0.4, 0.5) is 0 Å². The Morgan fingerprint density at radius 1 is 1.03 bits per heavy atom. The molecule has 9 heteroatoms. The maximum absolute atomic E-state index is 13.4. The monoisotopic (exact) mass is 480 g/mol. The van der Waals surface area contributed by atoms with Crippen LogP contribution in [-0.4, -0.2) is 74.8 Å². The number of aliphatic hydroxyl groups excluding tert-OH is 3. The molecule has 0 radical (unpaired) electrons. The van der Waals surface area contributed by atoms with Crippen molar-refractivity contribution in [2.75, 3.05) is 0 Å². The zero-order chi connectivity index (χ0) is 24.6. The Morgan fingerprint density at radius 2 is 1.76 bits per heavy atom. The Balaban J connectivity index is 1.30. The molecule has 5 fully saturated rings. The van der Waals surface area contributed by atoms with Gasteiger partial charge >= 0.3 is 5.97 Å². The minimum atomic E-state index is -1.75. The first-order valence-electron chi connectivity index (χ1n) is 12.6. The molecule has 5 rings (SSSR count). The van der Waals surface area contributed by atoms with Gasteiger partial charge in [0.1, 0.15) is 29.9 Å². The molecule has 4 saturated carbocycles. The van der Waals surface area contributed by atoms with Gasteiger partial charge in [0.15, 0.2) is 12.4 Å². The summed E-state index contributed by atoms with van der Waals surface area (Å²) in [4.78, 5) is 37.4. The number of hydrogen-bond donors (Lipinski definition) is 4. The van der Waals surface area contributed by atoms with E-state index in [0.29, 0.717) is 25.7 Å². The number of carbonyl (C=O) groups excluding carboxylic acids is 2. The first kappa shape index (κ1) is 24.3. The van der Waals surface area contributed by atoms with Crippen LogP contribution in [-0.2, 0) is 23.9 Å². The molecule has 0 aromatic rings. The number of aliphatic hydroxyl groups is 3. The molecule has 4 N–H and O–H groups in total. The van der Waals surface area contributed by atoms with Gasteiger partial charge in [-0.15, -0.1) is 0 Å². The highest BCUT2D eigenvalue weighted by Crippen LogP contribution is 2.64. The molecule has 0 bridgehead atoms. The highest BCUT2D eigenvalue weighted by molar-refractivity contribution is 5.95. The van der Waals surface area contributed by atoms with E-state index in [4.69, 9.17) is 9.47 Å². The summed E-state index contributed by atoms with van der Waals surface area (Å²) in [7, 11) is 0. The van der Waals surface area contributed by atoms with Crippen molar-refractivity contribution in [3.05, 3.63) is 0 Å². The molecule has 1 saturated heterocycles. The topological polar surface area (TPSA) is 151 Å². The van der Waals surface area contributed by atoms with Crippen LogP contribution in [0, 0.1) is 34.5 Å². The molecule has 4 aliphatic carbocycles. The van der Waals surface area contributed by atoms with Crippen LogP contribution in [0.5, 0.6) is 0 Å². The number of fused-ring (bicyclic) bond motifs is 5. The number of hydrogen-bond acceptors (Lipinski definition) is 8. The van der Waals surface area contributed by atoms with Gasteiger partial charge in [-0.05, 0) is 61.7 Å². The molecule has 1 aliphatic heterocycles. The summed E-state index contributed by atoms with van der Waals surface area (Å²) in [5.41, 5.74) is -0.680. The summed E-state index contributed by atoms with van der Waals surface area (Å²) in [6.45, 7) is 4.19. The van der Waals surface area contributed by atoms with E-state index in [1.54, 1.807) is 0 Å². The third-order valence-corrected chi connectivity index (χ3v) is 10.2. The SMILES string of the molecule is C[C@]12CC[C@@H](OC3O[C@H](C(=O)O)[C@@H](O)[C@H](O)[C@H]3O)C[C@H]1CC[C@@H]1[C@@H]2C(=O)C[C@]2(C)C(=O)CC[C@@H]12. The summed E-state index contributed by atoms with van der Waals surface area (Å²) >= 11 is 0. The van der Waals surface area contributed by atoms with Gasteiger partial charge in [0.05, 0.1) is 6.10 Å². The predicted molar refractivity (Wildman–Crippen MR) is 116 cm³/mol. The molecule has 190 valence electrons.